The van der Waals surface area contributed by atoms with Crippen LogP contribution in [0.4, 0.5) is 0 Å². The second-order valence-corrected chi connectivity index (χ2v) is 6.68. The number of hydrogen-bond acceptors (Lipinski definition) is 6. The van der Waals surface area contributed by atoms with Crippen LogP contribution in [0.1, 0.15) is 30.1 Å². The minimum atomic E-state index is -0.565. The quantitative estimate of drug-likeness (QED) is 0.502. The van der Waals surface area contributed by atoms with Gasteiger partial charge in [0.2, 0.25) is 0 Å². The molecule has 0 radical (unpaired) electrons. The Morgan fingerprint density at radius 2 is 2.07 bits per heavy atom. The third-order valence-corrected chi connectivity index (χ3v) is 4.94. The minimum Gasteiger partial charge on any atom is -0.467 e. The van der Waals surface area contributed by atoms with Gasteiger partial charge in [-0.3, -0.25) is 4.99 Å². The molecule has 2 aliphatic heterocycles. The van der Waals surface area contributed by atoms with Crippen LogP contribution in [0.15, 0.2) is 53.7 Å². The van der Waals surface area contributed by atoms with Crippen LogP contribution < -0.4 is 5.73 Å². The molecule has 1 aromatic carbocycles. The lowest BCUT2D eigenvalue weighted by Crippen LogP contribution is -2.41. The number of likely N-dealkylation sites (tertiary alicyclic amines) is 1. The second-order valence-electron chi connectivity index (χ2n) is 6.68. The third kappa shape index (κ3) is 4.84. The zero-order valence-corrected chi connectivity index (χ0v) is 16.4. The highest BCUT2D eigenvalue weighted by molar-refractivity contribution is 5.78. The number of allylic oxidation sites excluding steroid dienone is 2. The summed E-state index contributed by atoms with van der Waals surface area (Å²) in [5.41, 5.74) is 7.78. The first-order valence-corrected chi connectivity index (χ1v) is 9.01. The normalized spacial score (nSPS) is 21.4. The highest BCUT2D eigenvalue weighted by Gasteiger charge is 2.48. The SMILES string of the molecule is C=C/C(N)=C\C=NC.COC(=O)C1OC2(CCN(C)CC2)c2ccccc21. The molecule has 1 saturated heterocycles. The molecule has 0 amide bonds. The number of methoxy groups -OCH3 is 1. The average Bonchev–Trinajstić information content (AvgIpc) is 3.03. The van der Waals surface area contributed by atoms with Crippen LogP contribution in [0.5, 0.6) is 0 Å². The van der Waals surface area contributed by atoms with Crippen molar-refractivity contribution in [3.8, 4) is 0 Å². The maximum Gasteiger partial charge on any atom is 0.339 e. The molecule has 0 aliphatic carbocycles. The Morgan fingerprint density at radius 1 is 1.41 bits per heavy atom. The summed E-state index contributed by atoms with van der Waals surface area (Å²) in [5.74, 6) is -0.303. The Morgan fingerprint density at radius 3 is 2.67 bits per heavy atom. The maximum atomic E-state index is 11.9. The molecule has 2 heterocycles. The number of piperidine rings is 1. The van der Waals surface area contributed by atoms with Crippen LogP contribution >= 0.6 is 0 Å². The molecule has 1 fully saturated rings. The lowest BCUT2D eigenvalue weighted by molar-refractivity contribution is -0.169. The number of esters is 1. The Hall–Kier alpha value is -2.44. The number of benzene rings is 1. The molecule has 0 aromatic heterocycles. The van der Waals surface area contributed by atoms with Crippen molar-refractivity contribution in [3.05, 3.63) is 59.8 Å². The first-order chi connectivity index (χ1) is 13.0. The molecule has 2 N–H and O–H groups in total. The number of ether oxygens (including phenoxy) is 2. The van der Waals surface area contributed by atoms with E-state index in [9.17, 15) is 4.79 Å². The van der Waals surface area contributed by atoms with E-state index in [0.29, 0.717) is 5.70 Å². The van der Waals surface area contributed by atoms with Gasteiger partial charge >= 0.3 is 5.97 Å². The summed E-state index contributed by atoms with van der Waals surface area (Å²) in [6.07, 6.45) is 6.16. The van der Waals surface area contributed by atoms with E-state index < -0.39 is 6.10 Å². The van der Waals surface area contributed by atoms with Gasteiger partial charge in [-0.25, -0.2) is 4.79 Å². The molecule has 6 heteroatoms. The third-order valence-electron chi connectivity index (χ3n) is 4.94. The van der Waals surface area contributed by atoms with Gasteiger partial charge in [0.1, 0.15) is 0 Å². The van der Waals surface area contributed by atoms with Gasteiger partial charge in [0.15, 0.2) is 6.10 Å². The van der Waals surface area contributed by atoms with Crippen molar-refractivity contribution in [1.82, 2.24) is 4.90 Å². The first kappa shape index (κ1) is 20.9. The molecular weight excluding hydrogens is 342 g/mol. The van der Waals surface area contributed by atoms with E-state index in [1.165, 1.54) is 12.7 Å². The smallest absolute Gasteiger partial charge is 0.339 e. The number of nitrogens with two attached hydrogens (primary N) is 1. The van der Waals surface area contributed by atoms with Gasteiger partial charge < -0.3 is 20.1 Å². The molecular formula is C21H29N3O3. The predicted molar refractivity (Wildman–Crippen MR) is 108 cm³/mol. The second kappa shape index (κ2) is 9.48. The highest BCUT2D eigenvalue weighted by atomic mass is 16.6. The van der Waals surface area contributed by atoms with Crippen molar-refractivity contribution in [2.45, 2.75) is 24.5 Å². The van der Waals surface area contributed by atoms with E-state index in [0.717, 1.165) is 31.5 Å². The Labute approximate surface area is 161 Å². The van der Waals surface area contributed by atoms with E-state index in [1.807, 2.05) is 18.2 Å². The van der Waals surface area contributed by atoms with Crippen molar-refractivity contribution in [3.63, 3.8) is 0 Å². The van der Waals surface area contributed by atoms with Gasteiger partial charge in [0.25, 0.3) is 0 Å². The van der Waals surface area contributed by atoms with Crippen molar-refractivity contribution in [1.29, 1.82) is 0 Å². The summed E-state index contributed by atoms with van der Waals surface area (Å²) in [4.78, 5) is 17.9. The number of rotatable bonds is 3. The zero-order chi connectivity index (χ0) is 19.9. The summed E-state index contributed by atoms with van der Waals surface area (Å²) in [7, 11) is 5.21. The lowest BCUT2D eigenvalue weighted by Gasteiger charge is -2.38. The molecule has 0 saturated carbocycles. The van der Waals surface area contributed by atoms with Crippen molar-refractivity contribution in [2.24, 2.45) is 10.7 Å². The van der Waals surface area contributed by atoms with Gasteiger partial charge in [-0.15, -0.1) is 0 Å². The number of hydrogen-bond donors (Lipinski definition) is 1. The Balaban J connectivity index is 0.000000279. The monoisotopic (exact) mass is 371 g/mol. The number of nitrogens with zero attached hydrogens (tertiary/aromatic N) is 2. The maximum absolute atomic E-state index is 11.9. The summed E-state index contributed by atoms with van der Waals surface area (Å²) < 4.78 is 11.0. The first-order valence-electron chi connectivity index (χ1n) is 9.01. The van der Waals surface area contributed by atoms with Gasteiger partial charge in [-0.2, -0.15) is 0 Å². The molecule has 2 aliphatic rings. The fourth-order valence-corrected chi connectivity index (χ4v) is 3.37. The molecule has 6 nitrogen and oxygen atoms in total. The van der Waals surface area contributed by atoms with Gasteiger partial charge in [-0.05, 0) is 43.2 Å². The van der Waals surface area contributed by atoms with Crippen LogP contribution in [0, 0.1) is 0 Å². The van der Waals surface area contributed by atoms with Crippen LogP contribution in [0.3, 0.4) is 0 Å². The van der Waals surface area contributed by atoms with Gasteiger partial charge in [0.05, 0.1) is 12.7 Å². The van der Waals surface area contributed by atoms with Crippen LogP contribution in [-0.2, 0) is 19.9 Å². The molecule has 1 atom stereocenters. The molecule has 146 valence electrons. The van der Waals surface area contributed by atoms with Crippen molar-refractivity contribution < 1.29 is 14.3 Å². The number of aliphatic imine (C=N–C) groups is 1. The van der Waals surface area contributed by atoms with Crippen LogP contribution in [0.2, 0.25) is 0 Å². The van der Waals surface area contributed by atoms with Gasteiger partial charge in [-0.1, -0.05) is 30.8 Å². The summed E-state index contributed by atoms with van der Waals surface area (Å²) in [6.45, 7) is 5.44. The standard InChI is InChI=1S/C15H19NO3.C6H10N2/c1-16-9-7-15(8-10-16)12-6-4-3-5-11(12)13(19-15)14(17)18-2;1-3-6(7)4-5-8-2/h3-6,13H,7-10H2,1-2H3;3-5H,1,7H2,2H3/b;6-4+,8-5?. The highest BCUT2D eigenvalue weighted by Crippen LogP contribution is 2.49. The Kier molecular flexibility index (Phi) is 7.33. The largest absolute Gasteiger partial charge is 0.467 e. The fourth-order valence-electron chi connectivity index (χ4n) is 3.37. The van der Waals surface area contributed by atoms with Crippen molar-refractivity contribution in [2.75, 3.05) is 34.3 Å². The van der Waals surface area contributed by atoms with E-state index in [2.05, 4.69) is 29.6 Å². The van der Waals surface area contributed by atoms with E-state index in [4.69, 9.17) is 15.2 Å². The van der Waals surface area contributed by atoms with Crippen LogP contribution in [-0.4, -0.2) is 51.4 Å². The minimum absolute atomic E-state index is 0.303. The molecule has 1 spiro atoms. The molecule has 1 aromatic rings. The van der Waals surface area contributed by atoms with Crippen LogP contribution in [0.25, 0.3) is 0 Å². The van der Waals surface area contributed by atoms with E-state index in [1.54, 1.807) is 25.4 Å². The summed E-state index contributed by atoms with van der Waals surface area (Å²) in [5, 5.41) is 0. The summed E-state index contributed by atoms with van der Waals surface area (Å²) >= 11 is 0. The molecule has 27 heavy (non-hydrogen) atoms. The Bertz CT molecular complexity index is 719. The zero-order valence-electron chi connectivity index (χ0n) is 16.4. The summed E-state index contributed by atoms with van der Waals surface area (Å²) in [6, 6.07) is 8.03. The molecule has 3 rings (SSSR count). The lowest BCUT2D eigenvalue weighted by atomic mass is 9.83. The fraction of sp³-hybridized carbons (Fsp3) is 0.429. The topological polar surface area (TPSA) is 77.2 Å². The number of fused-ring (bicyclic) bond motifs is 2. The van der Waals surface area contributed by atoms with Gasteiger partial charge in [0, 0.05) is 32.0 Å². The molecule has 1 unspecified atom stereocenters. The number of carbonyl (C=O) groups is 1. The van der Waals surface area contributed by atoms with E-state index in [-0.39, 0.29) is 11.6 Å². The molecule has 0 bridgehead atoms. The predicted octanol–water partition coefficient (Wildman–Crippen LogP) is 2.57. The average molecular weight is 371 g/mol. The van der Waals surface area contributed by atoms with Crippen molar-refractivity contribution >= 4 is 12.2 Å². The number of carbonyl (C=O) groups excluding carboxylic acids is 1. The van der Waals surface area contributed by atoms with E-state index >= 15 is 0 Å².